The van der Waals surface area contributed by atoms with Crippen LogP contribution < -0.4 is 0 Å². The first-order chi connectivity index (χ1) is 11.8. The molecule has 130 valence electrons. The monoisotopic (exact) mass is 322 g/mol. The maximum Gasteiger partial charge on any atom is -0.0136 e. The van der Waals surface area contributed by atoms with E-state index in [-0.39, 0.29) is 0 Å². The normalized spacial score (nSPS) is 45.6. The van der Waals surface area contributed by atoms with Crippen molar-refractivity contribution in [2.45, 2.75) is 52.4 Å². The third-order valence-corrected chi connectivity index (χ3v) is 7.79. The molecule has 4 rings (SSSR count). The van der Waals surface area contributed by atoms with Gasteiger partial charge >= 0.3 is 0 Å². The van der Waals surface area contributed by atoms with Crippen LogP contribution in [0.2, 0.25) is 0 Å². The zero-order chi connectivity index (χ0) is 16.5. The van der Waals surface area contributed by atoms with Crippen LogP contribution in [0.15, 0.2) is 48.6 Å². The lowest BCUT2D eigenvalue weighted by molar-refractivity contribution is 0.316. The molecule has 0 heterocycles. The van der Waals surface area contributed by atoms with Gasteiger partial charge in [0.05, 0.1) is 0 Å². The predicted molar refractivity (Wildman–Crippen MR) is 104 cm³/mol. The molecule has 8 atom stereocenters. The SMILES string of the molecule is CCC1CC(CCC2CC(CC)C3C=CC=CC23)C2C=CC=CC12. The molecule has 4 aliphatic rings. The summed E-state index contributed by atoms with van der Waals surface area (Å²) >= 11 is 0. The van der Waals surface area contributed by atoms with E-state index in [2.05, 4.69) is 62.5 Å². The van der Waals surface area contributed by atoms with Crippen molar-refractivity contribution < 1.29 is 0 Å². The second-order valence-electron chi connectivity index (χ2n) is 8.75. The van der Waals surface area contributed by atoms with Crippen molar-refractivity contribution in [1.82, 2.24) is 0 Å². The molecule has 0 radical (unpaired) electrons. The molecule has 0 bridgehead atoms. The smallest absolute Gasteiger partial charge is 0.0136 e. The van der Waals surface area contributed by atoms with Gasteiger partial charge in [0, 0.05) is 0 Å². The summed E-state index contributed by atoms with van der Waals surface area (Å²) in [6, 6.07) is 0. The van der Waals surface area contributed by atoms with Crippen LogP contribution >= 0.6 is 0 Å². The van der Waals surface area contributed by atoms with E-state index in [9.17, 15) is 0 Å². The molecule has 0 nitrogen and oxygen atoms in total. The maximum absolute atomic E-state index is 2.53. The van der Waals surface area contributed by atoms with E-state index in [4.69, 9.17) is 0 Å². The van der Waals surface area contributed by atoms with Crippen LogP contribution in [0, 0.1) is 47.3 Å². The Morgan fingerprint density at radius 1 is 0.542 bits per heavy atom. The second-order valence-corrected chi connectivity index (χ2v) is 8.75. The number of hydrogen-bond acceptors (Lipinski definition) is 0. The van der Waals surface area contributed by atoms with Gasteiger partial charge in [-0.25, -0.2) is 0 Å². The fraction of sp³-hybridized carbons (Fsp3) is 0.667. The first kappa shape index (κ1) is 16.4. The minimum absolute atomic E-state index is 0.834. The van der Waals surface area contributed by atoms with Gasteiger partial charge in [-0.2, -0.15) is 0 Å². The second kappa shape index (κ2) is 7.06. The Morgan fingerprint density at radius 2 is 0.875 bits per heavy atom. The Hall–Kier alpha value is -1.04. The van der Waals surface area contributed by atoms with Gasteiger partial charge in [-0.05, 0) is 73.0 Å². The molecule has 0 N–H and O–H groups in total. The lowest BCUT2D eigenvalue weighted by atomic mass is 9.79. The van der Waals surface area contributed by atoms with E-state index in [0.717, 1.165) is 47.3 Å². The molecule has 0 spiro atoms. The zero-order valence-corrected chi connectivity index (χ0v) is 15.5. The molecular formula is C24H34. The molecule has 2 fully saturated rings. The van der Waals surface area contributed by atoms with Crippen molar-refractivity contribution in [2.75, 3.05) is 0 Å². The Morgan fingerprint density at radius 3 is 1.21 bits per heavy atom. The molecule has 0 aromatic rings. The molecule has 2 saturated carbocycles. The topological polar surface area (TPSA) is 0 Å². The molecule has 0 saturated heterocycles. The average molecular weight is 323 g/mol. The van der Waals surface area contributed by atoms with E-state index in [0.29, 0.717) is 0 Å². The highest BCUT2D eigenvalue weighted by atomic mass is 14.5. The summed E-state index contributed by atoms with van der Waals surface area (Å²) in [5.41, 5.74) is 0. The number of fused-ring (bicyclic) bond motifs is 2. The summed E-state index contributed by atoms with van der Waals surface area (Å²) in [5, 5.41) is 0. The molecule has 0 heteroatoms. The number of rotatable bonds is 5. The third-order valence-electron chi connectivity index (χ3n) is 7.79. The van der Waals surface area contributed by atoms with Crippen LogP contribution in [0.3, 0.4) is 0 Å². The largest absolute Gasteiger partial charge is 0.0806 e. The van der Waals surface area contributed by atoms with Crippen molar-refractivity contribution in [2.24, 2.45) is 47.3 Å². The van der Waals surface area contributed by atoms with E-state index >= 15 is 0 Å². The van der Waals surface area contributed by atoms with Gasteiger partial charge < -0.3 is 0 Å². The van der Waals surface area contributed by atoms with E-state index < -0.39 is 0 Å². The summed E-state index contributed by atoms with van der Waals surface area (Å²) in [5.74, 6) is 7.06. The summed E-state index contributed by atoms with van der Waals surface area (Å²) < 4.78 is 0. The molecule has 4 aliphatic carbocycles. The van der Waals surface area contributed by atoms with Crippen LogP contribution in [0.4, 0.5) is 0 Å². The maximum atomic E-state index is 2.53. The Kier molecular flexibility index (Phi) is 4.83. The first-order valence-corrected chi connectivity index (χ1v) is 10.5. The summed E-state index contributed by atoms with van der Waals surface area (Å²) in [6.45, 7) is 4.78. The van der Waals surface area contributed by atoms with Crippen molar-refractivity contribution >= 4 is 0 Å². The highest BCUT2D eigenvalue weighted by molar-refractivity contribution is 5.20. The Bertz CT molecular complexity index is 498. The summed E-state index contributed by atoms with van der Waals surface area (Å²) in [4.78, 5) is 0. The molecule has 8 unspecified atom stereocenters. The fourth-order valence-corrected chi connectivity index (χ4v) is 6.50. The van der Waals surface area contributed by atoms with Crippen LogP contribution in [0.5, 0.6) is 0 Å². The number of hydrogen-bond donors (Lipinski definition) is 0. The molecular weight excluding hydrogens is 288 g/mol. The van der Waals surface area contributed by atoms with Crippen LogP contribution in [0.1, 0.15) is 52.4 Å². The van der Waals surface area contributed by atoms with Crippen molar-refractivity contribution in [1.29, 1.82) is 0 Å². The van der Waals surface area contributed by atoms with Gasteiger partial charge in [0.15, 0.2) is 0 Å². The van der Waals surface area contributed by atoms with Crippen LogP contribution in [-0.2, 0) is 0 Å². The highest BCUT2D eigenvalue weighted by Crippen LogP contribution is 2.51. The van der Waals surface area contributed by atoms with E-state index in [1.807, 2.05) is 0 Å². The standard InChI is InChI=1S/C24H34/c1-3-17-15-19(23-11-7-5-9-21(17)23)13-14-20-16-18(4-2)22-10-6-8-12-24(20)22/h5-12,17-24H,3-4,13-16H2,1-2H3. The predicted octanol–water partition coefficient (Wildman–Crippen LogP) is 6.58. The average Bonchev–Trinajstić information content (AvgIpc) is 3.18. The van der Waals surface area contributed by atoms with Crippen molar-refractivity contribution in [3.63, 3.8) is 0 Å². The lowest BCUT2D eigenvalue weighted by Crippen LogP contribution is -2.18. The van der Waals surface area contributed by atoms with Crippen LogP contribution in [0.25, 0.3) is 0 Å². The molecule has 24 heavy (non-hydrogen) atoms. The highest BCUT2D eigenvalue weighted by Gasteiger charge is 2.43. The minimum Gasteiger partial charge on any atom is -0.0806 e. The van der Waals surface area contributed by atoms with Gasteiger partial charge in [0.1, 0.15) is 0 Å². The molecule has 0 aromatic carbocycles. The summed E-state index contributed by atoms with van der Waals surface area (Å²) in [7, 11) is 0. The fourth-order valence-electron chi connectivity index (χ4n) is 6.50. The van der Waals surface area contributed by atoms with E-state index in [1.165, 1.54) is 38.5 Å². The van der Waals surface area contributed by atoms with Gasteiger partial charge in [-0.1, -0.05) is 75.3 Å². The van der Waals surface area contributed by atoms with Crippen LogP contribution in [-0.4, -0.2) is 0 Å². The number of allylic oxidation sites excluding steroid dienone is 8. The van der Waals surface area contributed by atoms with Crippen molar-refractivity contribution in [3.8, 4) is 0 Å². The Balaban J connectivity index is 1.40. The van der Waals surface area contributed by atoms with Gasteiger partial charge in [-0.15, -0.1) is 0 Å². The quantitative estimate of drug-likeness (QED) is 0.536. The van der Waals surface area contributed by atoms with Crippen molar-refractivity contribution in [3.05, 3.63) is 48.6 Å². The van der Waals surface area contributed by atoms with E-state index in [1.54, 1.807) is 0 Å². The Labute approximate surface area is 148 Å². The van der Waals surface area contributed by atoms with Gasteiger partial charge in [0.2, 0.25) is 0 Å². The van der Waals surface area contributed by atoms with Gasteiger partial charge in [-0.3, -0.25) is 0 Å². The zero-order valence-electron chi connectivity index (χ0n) is 15.5. The third kappa shape index (κ3) is 2.87. The first-order valence-electron chi connectivity index (χ1n) is 10.5. The minimum atomic E-state index is 0.834. The van der Waals surface area contributed by atoms with Gasteiger partial charge in [0.25, 0.3) is 0 Å². The molecule has 0 aromatic heterocycles. The molecule has 0 amide bonds. The molecule has 0 aliphatic heterocycles. The summed E-state index contributed by atoms with van der Waals surface area (Å²) in [6.07, 6.45) is 27.8. The lowest BCUT2D eigenvalue weighted by Gasteiger charge is -2.26.